The molecule has 2 atom stereocenters. The van der Waals surface area contributed by atoms with E-state index >= 15 is 0 Å². The zero-order chi connectivity index (χ0) is 17.5. The summed E-state index contributed by atoms with van der Waals surface area (Å²) in [5, 5.41) is 10.6. The Bertz CT molecular complexity index is 523. The van der Waals surface area contributed by atoms with Crippen LogP contribution in [-0.4, -0.2) is 54.4 Å². The van der Waals surface area contributed by atoms with Gasteiger partial charge in [0.25, 0.3) is 0 Å². The van der Waals surface area contributed by atoms with Crippen molar-refractivity contribution >= 4 is 6.21 Å². The summed E-state index contributed by atoms with van der Waals surface area (Å²) in [5.74, 6) is 0. The van der Waals surface area contributed by atoms with E-state index in [0.717, 1.165) is 13.1 Å². The van der Waals surface area contributed by atoms with Crippen molar-refractivity contribution < 1.29 is 0 Å². The van der Waals surface area contributed by atoms with Crippen LogP contribution in [-0.2, 0) is 6.54 Å². The molecule has 0 radical (unpaired) electrons. The molecule has 2 heterocycles. The Balaban J connectivity index is 1.42. The molecule has 2 unspecified atom stereocenters. The molecule has 4 nitrogen and oxygen atoms in total. The molecule has 2 saturated heterocycles. The van der Waals surface area contributed by atoms with Gasteiger partial charge in [0.15, 0.2) is 0 Å². The number of piperidine rings is 1. The number of hydrazone groups is 1. The molecular formula is C21H34N4. The zero-order valence-corrected chi connectivity index (χ0v) is 16.0. The second-order valence-corrected chi connectivity index (χ2v) is 7.72. The van der Waals surface area contributed by atoms with Gasteiger partial charge < -0.3 is 10.2 Å². The molecule has 2 aliphatic rings. The monoisotopic (exact) mass is 342 g/mol. The van der Waals surface area contributed by atoms with E-state index in [-0.39, 0.29) is 0 Å². The van der Waals surface area contributed by atoms with E-state index in [9.17, 15) is 0 Å². The average Bonchev–Trinajstić information content (AvgIpc) is 3.13. The van der Waals surface area contributed by atoms with E-state index in [2.05, 4.69) is 53.3 Å². The molecule has 1 aromatic carbocycles. The Hall–Kier alpha value is -1.39. The third kappa shape index (κ3) is 5.55. The van der Waals surface area contributed by atoms with Crippen LogP contribution < -0.4 is 5.32 Å². The van der Waals surface area contributed by atoms with Gasteiger partial charge in [-0.15, -0.1) is 0 Å². The molecule has 25 heavy (non-hydrogen) atoms. The molecule has 0 aromatic heterocycles. The number of nitrogens with one attached hydrogen (secondary N) is 1. The zero-order valence-electron chi connectivity index (χ0n) is 16.0. The lowest BCUT2D eigenvalue weighted by Crippen LogP contribution is -2.39. The highest BCUT2D eigenvalue weighted by atomic mass is 15.5. The number of nitrogens with zero attached hydrogens (tertiary/aromatic N) is 3. The van der Waals surface area contributed by atoms with Gasteiger partial charge in [-0.1, -0.05) is 24.3 Å². The molecule has 4 heteroatoms. The Labute approximate surface area is 153 Å². The first kappa shape index (κ1) is 18.4. The lowest BCUT2D eigenvalue weighted by molar-refractivity contribution is 0.109. The minimum Gasteiger partial charge on any atom is -0.311 e. The van der Waals surface area contributed by atoms with Crippen LogP contribution in [0.2, 0.25) is 0 Å². The van der Waals surface area contributed by atoms with Crippen molar-refractivity contribution in [3.8, 4) is 0 Å². The number of rotatable bonds is 7. The predicted octanol–water partition coefficient (Wildman–Crippen LogP) is 3.47. The van der Waals surface area contributed by atoms with E-state index in [1.807, 2.05) is 6.21 Å². The standard InChI is InChI=1S/C21H34N4/c1-18-6-5-7-19(2)25(18)23-17-21-10-8-20(9-11-21)16-22-12-15-24-13-3-4-14-24/h8-11,17-19,22H,3-7,12-16H2,1-2H3. The number of likely N-dealkylation sites (tertiary alicyclic amines) is 1. The molecule has 138 valence electrons. The van der Waals surface area contributed by atoms with Crippen LogP contribution in [0.25, 0.3) is 0 Å². The van der Waals surface area contributed by atoms with Gasteiger partial charge in [-0.05, 0) is 70.2 Å². The maximum absolute atomic E-state index is 4.75. The van der Waals surface area contributed by atoms with Crippen molar-refractivity contribution in [3.05, 3.63) is 35.4 Å². The molecule has 0 aliphatic carbocycles. The fraction of sp³-hybridized carbons (Fsp3) is 0.667. The first-order valence-electron chi connectivity index (χ1n) is 10.1. The predicted molar refractivity (Wildman–Crippen MR) is 106 cm³/mol. The SMILES string of the molecule is CC1CCCC(C)N1N=Cc1ccc(CNCCN2CCCC2)cc1. The van der Waals surface area contributed by atoms with Crippen molar-refractivity contribution in [2.45, 2.75) is 64.6 Å². The number of hydrogen-bond acceptors (Lipinski definition) is 4. The summed E-state index contributed by atoms with van der Waals surface area (Å²) in [7, 11) is 0. The van der Waals surface area contributed by atoms with Gasteiger partial charge in [0.2, 0.25) is 0 Å². The van der Waals surface area contributed by atoms with Crippen molar-refractivity contribution in [3.63, 3.8) is 0 Å². The summed E-state index contributed by atoms with van der Waals surface area (Å²) in [6.45, 7) is 10.3. The molecule has 3 rings (SSSR count). The van der Waals surface area contributed by atoms with E-state index < -0.39 is 0 Å². The maximum Gasteiger partial charge on any atom is 0.0543 e. The second-order valence-electron chi connectivity index (χ2n) is 7.72. The smallest absolute Gasteiger partial charge is 0.0543 e. The molecule has 0 spiro atoms. The van der Waals surface area contributed by atoms with Gasteiger partial charge in [-0.3, -0.25) is 5.01 Å². The summed E-state index contributed by atoms with van der Waals surface area (Å²) >= 11 is 0. The minimum absolute atomic E-state index is 0.555. The third-order valence-corrected chi connectivity index (χ3v) is 5.60. The Morgan fingerprint density at radius 3 is 2.40 bits per heavy atom. The van der Waals surface area contributed by atoms with Crippen molar-refractivity contribution in [2.75, 3.05) is 26.2 Å². The quantitative estimate of drug-likeness (QED) is 0.608. The summed E-state index contributed by atoms with van der Waals surface area (Å²) in [6, 6.07) is 9.90. The molecule has 1 N–H and O–H groups in total. The molecular weight excluding hydrogens is 308 g/mol. The fourth-order valence-electron chi connectivity index (χ4n) is 3.97. The van der Waals surface area contributed by atoms with Crippen molar-refractivity contribution in [2.24, 2.45) is 5.10 Å². The topological polar surface area (TPSA) is 30.9 Å². The van der Waals surface area contributed by atoms with Crippen molar-refractivity contribution in [1.82, 2.24) is 15.2 Å². The first-order chi connectivity index (χ1) is 12.2. The Kier molecular flexibility index (Phi) is 6.88. The first-order valence-corrected chi connectivity index (χ1v) is 10.1. The molecule has 2 aliphatic heterocycles. The highest BCUT2D eigenvalue weighted by Gasteiger charge is 2.22. The molecule has 0 saturated carbocycles. The van der Waals surface area contributed by atoms with Crippen LogP contribution in [0.5, 0.6) is 0 Å². The van der Waals surface area contributed by atoms with Gasteiger partial charge in [0.1, 0.15) is 0 Å². The van der Waals surface area contributed by atoms with Crippen LogP contribution in [0.4, 0.5) is 0 Å². The van der Waals surface area contributed by atoms with E-state index in [0.29, 0.717) is 12.1 Å². The van der Waals surface area contributed by atoms with Crippen LogP contribution in [0, 0.1) is 0 Å². The van der Waals surface area contributed by atoms with Crippen LogP contribution in [0.15, 0.2) is 29.4 Å². The van der Waals surface area contributed by atoms with Crippen LogP contribution in [0.1, 0.15) is 57.1 Å². The lowest BCUT2D eigenvalue weighted by Gasteiger charge is -2.36. The van der Waals surface area contributed by atoms with Gasteiger partial charge in [0, 0.05) is 31.7 Å². The summed E-state index contributed by atoms with van der Waals surface area (Å²) in [5.41, 5.74) is 2.53. The maximum atomic E-state index is 4.75. The van der Waals surface area contributed by atoms with Gasteiger partial charge in [-0.25, -0.2) is 0 Å². The van der Waals surface area contributed by atoms with Crippen molar-refractivity contribution in [1.29, 1.82) is 0 Å². The molecule has 2 fully saturated rings. The minimum atomic E-state index is 0.555. The second kappa shape index (κ2) is 9.35. The highest BCUT2D eigenvalue weighted by molar-refractivity contribution is 5.79. The van der Waals surface area contributed by atoms with E-state index in [1.165, 1.54) is 62.9 Å². The van der Waals surface area contributed by atoms with E-state index in [1.54, 1.807) is 0 Å². The van der Waals surface area contributed by atoms with Crippen LogP contribution >= 0.6 is 0 Å². The lowest BCUT2D eigenvalue weighted by atomic mass is 10.00. The molecule has 1 aromatic rings. The molecule has 0 amide bonds. The van der Waals surface area contributed by atoms with Gasteiger partial charge in [-0.2, -0.15) is 5.10 Å². The number of benzene rings is 1. The van der Waals surface area contributed by atoms with Crippen LogP contribution in [0.3, 0.4) is 0 Å². The van der Waals surface area contributed by atoms with E-state index in [4.69, 9.17) is 5.10 Å². The fourth-order valence-corrected chi connectivity index (χ4v) is 3.97. The third-order valence-electron chi connectivity index (χ3n) is 5.60. The van der Waals surface area contributed by atoms with Gasteiger partial charge >= 0.3 is 0 Å². The Morgan fingerprint density at radius 2 is 1.72 bits per heavy atom. The number of hydrogen-bond donors (Lipinski definition) is 1. The molecule has 0 bridgehead atoms. The highest BCUT2D eigenvalue weighted by Crippen LogP contribution is 2.22. The summed E-state index contributed by atoms with van der Waals surface area (Å²) in [4.78, 5) is 2.55. The Morgan fingerprint density at radius 1 is 1.04 bits per heavy atom. The van der Waals surface area contributed by atoms with Gasteiger partial charge in [0.05, 0.1) is 6.21 Å². The normalized spacial score (nSPS) is 25.1. The average molecular weight is 343 g/mol. The summed E-state index contributed by atoms with van der Waals surface area (Å²) < 4.78 is 0. The summed E-state index contributed by atoms with van der Waals surface area (Å²) in [6.07, 6.45) is 8.60. The largest absolute Gasteiger partial charge is 0.311 e.